The van der Waals surface area contributed by atoms with Gasteiger partial charge in [-0.1, -0.05) is 11.1 Å². The minimum absolute atomic E-state index is 0.0883. The largest absolute Gasteiger partial charge is 0.492 e. The van der Waals surface area contributed by atoms with Crippen LogP contribution in [0.25, 0.3) is 10.9 Å². The summed E-state index contributed by atoms with van der Waals surface area (Å²) >= 11 is 0. The first-order chi connectivity index (χ1) is 14.4. The molecule has 0 unspecified atom stereocenters. The molecule has 2 N–H and O–H groups in total. The number of benzene rings is 1. The van der Waals surface area contributed by atoms with Crippen molar-refractivity contribution in [3.63, 3.8) is 0 Å². The topological polar surface area (TPSA) is 77.6 Å². The standard InChI is InChI=1S/C23H28FN3O3/c1-13(10-25)15-5-4-8-26(11-15)21-19(24)9-17-20(23(21)30-3)27(16-6-7-16)12-18(14(2)28)22(17)29/h9,12,16H,4-8,10-11,25H2,1-3H3/b15-13-. The number of fused-ring (bicyclic) bond motifs is 1. The Labute approximate surface area is 175 Å². The normalized spacial score (nSPS) is 18.6. The molecule has 2 aliphatic rings. The van der Waals surface area contributed by atoms with Crippen LogP contribution in [0.1, 0.15) is 55.9 Å². The second-order valence-corrected chi connectivity index (χ2v) is 8.32. The van der Waals surface area contributed by atoms with Crippen molar-refractivity contribution in [2.45, 2.75) is 45.6 Å². The molecule has 7 heteroatoms. The number of halogens is 1. The number of carbonyl (C=O) groups excluding carboxylic acids is 1. The molecule has 2 heterocycles. The Morgan fingerprint density at radius 3 is 2.67 bits per heavy atom. The number of anilines is 1. The number of ether oxygens (including phenoxy) is 1. The van der Waals surface area contributed by atoms with E-state index >= 15 is 4.39 Å². The number of carbonyl (C=O) groups is 1. The molecule has 1 aliphatic heterocycles. The molecule has 0 spiro atoms. The number of pyridine rings is 1. The fourth-order valence-electron chi connectivity index (χ4n) is 4.38. The summed E-state index contributed by atoms with van der Waals surface area (Å²) in [6, 6.07) is 1.46. The van der Waals surface area contributed by atoms with Gasteiger partial charge < -0.3 is 19.9 Å². The monoisotopic (exact) mass is 413 g/mol. The quantitative estimate of drug-likeness (QED) is 0.599. The third-order valence-electron chi connectivity index (χ3n) is 6.24. The lowest BCUT2D eigenvalue weighted by atomic mass is 9.98. The van der Waals surface area contributed by atoms with Crippen LogP contribution in [-0.4, -0.2) is 37.1 Å². The molecule has 2 aromatic rings. The molecule has 160 valence electrons. The van der Waals surface area contributed by atoms with E-state index in [-0.39, 0.29) is 22.8 Å². The van der Waals surface area contributed by atoms with E-state index in [2.05, 4.69) is 0 Å². The van der Waals surface area contributed by atoms with E-state index in [9.17, 15) is 9.59 Å². The fourth-order valence-corrected chi connectivity index (χ4v) is 4.38. The highest BCUT2D eigenvalue weighted by atomic mass is 19.1. The average Bonchev–Trinajstić information content (AvgIpc) is 3.58. The van der Waals surface area contributed by atoms with Crippen molar-refractivity contribution in [2.75, 3.05) is 31.6 Å². The van der Waals surface area contributed by atoms with Gasteiger partial charge in [-0.3, -0.25) is 9.59 Å². The van der Waals surface area contributed by atoms with E-state index in [0.717, 1.165) is 31.3 Å². The first-order valence-electron chi connectivity index (χ1n) is 10.5. The number of nitrogens with two attached hydrogens (primary N) is 1. The summed E-state index contributed by atoms with van der Waals surface area (Å²) in [4.78, 5) is 27.0. The Kier molecular flexibility index (Phi) is 5.40. The molecule has 30 heavy (non-hydrogen) atoms. The Morgan fingerprint density at radius 1 is 1.33 bits per heavy atom. The van der Waals surface area contributed by atoms with Gasteiger partial charge in [0.05, 0.1) is 23.6 Å². The Hall–Kier alpha value is -2.67. The lowest BCUT2D eigenvalue weighted by molar-refractivity contribution is 0.101. The van der Waals surface area contributed by atoms with Crippen molar-refractivity contribution in [1.82, 2.24) is 4.57 Å². The number of rotatable bonds is 5. The van der Waals surface area contributed by atoms with Crippen LogP contribution in [0.4, 0.5) is 10.1 Å². The molecule has 0 bridgehead atoms. The first kappa shape index (κ1) is 20.6. The molecule has 1 saturated carbocycles. The molecular weight excluding hydrogens is 385 g/mol. The fraction of sp³-hybridized carbons (Fsp3) is 0.478. The summed E-state index contributed by atoms with van der Waals surface area (Å²) < 4.78 is 23.1. The maximum atomic E-state index is 15.4. The van der Waals surface area contributed by atoms with Gasteiger partial charge in [0.15, 0.2) is 22.8 Å². The summed E-state index contributed by atoms with van der Waals surface area (Å²) in [7, 11) is 1.50. The molecule has 0 amide bonds. The van der Waals surface area contributed by atoms with E-state index in [1.54, 1.807) is 6.20 Å². The number of hydrogen-bond donors (Lipinski definition) is 1. The van der Waals surface area contributed by atoms with Gasteiger partial charge in [0.25, 0.3) is 0 Å². The zero-order valence-corrected chi connectivity index (χ0v) is 17.8. The van der Waals surface area contributed by atoms with Crippen LogP contribution in [0.15, 0.2) is 28.2 Å². The third kappa shape index (κ3) is 3.41. The Bertz CT molecular complexity index is 1120. The highest BCUT2D eigenvalue weighted by Crippen LogP contribution is 2.44. The zero-order chi connectivity index (χ0) is 21.6. The van der Waals surface area contributed by atoms with Crippen molar-refractivity contribution in [3.05, 3.63) is 45.0 Å². The second-order valence-electron chi connectivity index (χ2n) is 8.32. The predicted octanol–water partition coefficient (Wildman–Crippen LogP) is 3.56. The van der Waals surface area contributed by atoms with Gasteiger partial charge in [0, 0.05) is 31.9 Å². The summed E-state index contributed by atoms with van der Waals surface area (Å²) in [6.45, 7) is 5.14. The minimum Gasteiger partial charge on any atom is -0.492 e. The van der Waals surface area contributed by atoms with Gasteiger partial charge in [-0.25, -0.2) is 4.39 Å². The van der Waals surface area contributed by atoms with Crippen LogP contribution >= 0.6 is 0 Å². The molecule has 0 radical (unpaired) electrons. The second kappa shape index (κ2) is 7.87. The van der Waals surface area contributed by atoms with Gasteiger partial charge in [0.1, 0.15) is 5.69 Å². The predicted molar refractivity (Wildman–Crippen MR) is 116 cm³/mol. The first-order valence-corrected chi connectivity index (χ1v) is 10.5. The van der Waals surface area contributed by atoms with Gasteiger partial charge in [0.2, 0.25) is 0 Å². The lowest BCUT2D eigenvalue weighted by Gasteiger charge is -2.33. The summed E-state index contributed by atoms with van der Waals surface area (Å²) in [5.41, 5.74) is 8.75. The molecule has 1 aromatic heterocycles. The SMILES string of the molecule is COc1c(N2CCC/C(=C(\C)CN)C2)c(F)cc2c(=O)c(C(C)=O)cn(C3CC3)c12. The number of piperidine rings is 1. The van der Waals surface area contributed by atoms with Gasteiger partial charge in [-0.2, -0.15) is 0 Å². The maximum absolute atomic E-state index is 15.4. The van der Waals surface area contributed by atoms with Crippen molar-refractivity contribution < 1.29 is 13.9 Å². The number of nitrogens with zero attached hydrogens (tertiary/aromatic N) is 2. The highest BCUT2D eigenvalue weighted by Gasteiger charge is 2.31. The summed E-state index contributed by atoms with van der Waals surface area (Å²) in [5, 5.41) is 0.193. The van der Waals surface area contributed by atoms with E-state index < -0.39 is 11.2 Å². The van der Waals surface area contributed by atoms with E-state index in [1.807, 2.05) is 16.4 Å². The highest BCUT2D eigenvalue weighted by molar-refractivity contribution is 5.99. The van der Waals surface area contributed by atoms with Crippen molar-refractivity contribution >= 4 is 22.4 Å². The van der Waals surface area contributed by atoms with E-state index in [1.165, 1.54) is 25.7 Å². The molecule has 0 atom stereocenters. The maximum Gasteiger partial charge on any atom is 0.200 e. The van der Waals surface area contributed by atoms with Crippen LogP contribution in [-0.2, 0) is 0 Å². The van der Waals surface area contributed by atoms with Gasteiger partial charge >= 0.3 is 0 Å². The van der Waals surface area contributed by atoms with Crippen LogP contribution in [0, 0.1) is 5.82 Å². The zero-order valence-electron chi connectivity index (χ0n) is 17.8. The minimum atomic E-state index is -0.508. The molecule has 4 rings (SSSR count). The molecule has 1 saturated heterocycles. The number of ketones is 1. The smallest absolute Gasteiger partial charge is 0.200 e. The Balaban J connectivity index is 1.97. The van der Waals surface area contributed by atoms with Crippen molar-refractivity contribution in [2.24, 2.45) is 5.73 Å². The molecule has 1 aromatic carbocycles. The molecule has 1 aliphatic carbocycles. The van der Waals surface area contributed by atoms with Gasteiger partial charge in [-0.05, 0) is 45.6 Å². The number of Topliss-reactive ketones (excluding diaryl/α,β-unsaturated/α-hetero) is 1. The lowest BCUT2D eigenvalue weighted by Crippen LogP contribution is -2.33. The van der Waals surface area contributed by atoms with Crippen LogP contribution < -0.4 is 20.8 Å². The Morgan fingerprint density at radius 2 is 2.07 bits per heavy atom. The number of hydrogen-bond acceptors (Lipinski definition) is 5. The van der Waals surface area contributed by atoms with Crippen molar-refractivity contribution in [3.8, 4) is 5.75 Å². The van der Waals surface area contributed by atoms with Crippen LogP contribution in [0.5, 0.6) is 5.75 Å². The molecule has 2 fully saturated rings. The van der Waals surface area contributed by atoms with Crippen LogP contribution in [0.2, 0.25) is 0 Å². The average molecular weight is 413 g/mol. The van der Waals surface area contributed by atoms with Crippen molar-refractivity contribution in [1.29, 1.82) is 0 Å². The van der Waals surface area contributed by atoms with E-state index in [0.29, 0.717) is 36.6 Å². The van der Waals surface area contributed by atoms with E-state index in [4.69, 9.17) is 10.5 Å². The number of aromatic nitrogens is 1. The molecule has 6 nitrogen and oxygen atoms in total. The van der Waals surface area contributed by atoms with Crippen LogP contribution in [0.3, 0.4) is 0 Å². The summed E-state index contributed by atoms with van der Waals surface area (Å²) in [5.74, 6) is -0.468. The van der Waals surface area contributed by atoms with Gasteiger partial charge in [-0.15, -0.1) is 0 Å². The molecular formula is C23H28FN3O3. The number of methoxy groups -OCH3 is 1. The summed E-state index contributed by atoms with van der Waals surface area (Å²) in [6.07, 6.45) is 5.38. The third-order valence-corrected chi connectivity index (χ3v) is 6.24.